The van der Waals surface area contributed by atoms with Crippen LogP contribution in [0.25, 0.3) is 11.0 Å². The van der Waals surface area contributed by atoms with Gasteiger partial charge in [-0.1, -0.05) is 13.8 Å². The second kappa shape index (κ2) is 8.00. The van der Waals surface area contributed by atoms with Crippen LogP contribution >= 0.6 is 0 Å². The van der Waals surface area contributed by atoms with E-state index in [9.17, 15) is 13.2 Å². The molecule has 6 nitrogen and oxygen atoms in total. The highest BCUT2D eigenvalue weighted by molar-refractivity contribution is 7.89. The van der Waals surface area contributed by atoms with Crippen LogP contribution < -0.4 is 5.32 Å². The molecule has 0 saturated heterocycles. The van der Waals surface area contributed by atoms with Crippen LogP contribution in [0.4, 0.5) is 5.69 Å². The Morgan fingerprint density at radius 3 is 2.38 bits per heavy atom. The van der Waals surface area contributed by atoms with Gasteiger partial charge in [0.15, 0.2) is 0 Å². The molecule has 1 amide bonds. The molecule has 0 bridgehead atoms. The van der Waals surface area contributed by atoms with Gasteiger partial charge in [-0.15, -0.1) is 0 Å². The third-order valence-corrected chi connectivity index (χ3v) is 6.76. The first-order valence-corrected chi connectivity index (χ1v) is 10.9. The lowest BCUT2D eigenvalue weighted by atomic mass is 9.95. The van der Waals surface area contributed by atoms with Gasteiger partial charge in [-0.2, -0.15) is 0 Å². The number of aryl methyl sites for hydroxylation is 1. The van der Waals surface area contributed by atoms with E-state index in [1.54, 1.807) is 18.4 Å². The maximum Gasteiger partial charge on any atom is 0.242 e. The first kappa shape index (κ1) is 21.1. The van der Waals surface area contributed by atoms with E-state index in [-0.39, 0.29) is 17.2 Å². The Morgan fingerprint density at radius 2 is 1.79 bits per heavy atom. The summed E-state index contributed by atoms with van der Waals surface area (Å²) in [6.45, 7) is 6.34. The smallest absolute Gasteiger partial charge is 0.242 e. The summed E-state index contributed by atoms with van der Waals surface area (Å²) in [6.07, 6.45) is 1.80. The van der Waals surface area contributed by atoms with Crippen LogP contribution in [0.3, 0.4) is 0 Å². The molecule has 2 aromatic carbocycles. The second-order valence-electron chi connectivity index (χ2n) is 7.66. The molecule has 3 rings (SSSR count). The predicted molar refractivity (Wildman–Crippen MR) is 115 cm³/mol. The lowest BCUT2D eigenvalue weighted by Gasteiger charge is -2.12. The van der Waals surface area contributed by atoms with E-state index in [0.29, 0.717) is 11.6 Å². The lowest BCUT2D eigenvalue weighted by Crippen LogP contribution is -2.22. The number of nitrogens with one attached hydrogen (secondary N) is 1. The molecule has 0 fully saturated rings. The molecule has 29 heavy (non-hydrogen) atoms. The zero-order chi connectivity index (χ0) is 21.3. The van der Waals surface area contributed by atoms with E-state index in [4.69, 9.17) is 4.42 Å². The molecule has 1 aromatic heterocycles. The molecule has 1 N–H and O–H groups in total. The van der Waals surface area contributed by atoms with Crippen molar-refractivity contribution in [3.63, 3.8) is 0 Å². The van der Waals surface area contributed by atoms with Gasteiger partial charge >= 0.3 is 0 Å². The zero-order valence-corrected chi connectivity index (χ0v) is 18.1. The van der Waals surface area contributed by atoms with Crippen LogP contribution in [0.15, 0.2) is 52.0 Å². The van der Waals surface area contributed by atoms with Gasteiger partial charge in [-0.05, 0) is 60.4 Å². The topological polar surface area (TPSA) is 79.6 Å². The van der Waals surface area contributed by atoms with Crippen molar-refractivity contribution < 1.29 is 17.6 Å². The number of anilines is 1. The van der Waals surface area contributed by atoms with E-state index < -0.39 is 10.0 Å². The monoisotopic (exact) mass is 414 g/mol. The van der Waals surface area contributed by atoms with E-state index in [1.807, 2.05) is 6.07 Å². The standard InChI is InChI=1S/C22H26N2O4S/c1-14(2)19-12-20-16(13-28-21(20)10-15(19)3)11-22(25)23-17-6-8-18(9-7-17)29(26,27)24(4)5/h6-10,12-14H,11H2,1-5H3,(H,23,25). The number of nitrogens with zero attached hydrogens (tertiary/aromatic N) is 1. The summed E-state index contributed by atoms with van der Waals surface area (Å²) in [4.78, 5) is 12.7. The van der Waals surface area contributed by atoms with Crippen molar-refractivity contribution in [2.45, 2.75) is 38.0 Å². The van der Waals surface area contributed by atoms with E-state index in [2.05, 4.69) is 32.2 Å². The summed E-state index contributed by atoms with van der Waals surface area (Å²) in [5.74, 6) is 0.190. The Labute approximate surface area is 171 Å². The first-order chi connectivity index (χ1) is 13.6. The van der Waals surface area contributed by atoms with Crippen molar-refractivity contribution in [1.29, 1.82) is 0 Å². The van der Waals surface area contributed by atoms with Crippen LogP contribution in [0.1, 0.15) is 36.5 Å². The number of furan rings is 1. The summed E-state index contributed by atoms with van der Waals surface area (Å²) < 4.78 is 31.0. The average Bonchev–Trinajstić information content (AvgIpc) is 3.02. The zero-order valence-electron chi connectivity index (χ0n) is 17.3. The molecule has 0 saturated carbocycles. The number of hydrogen-bond donors (Lipinski definition) is 1. The van der Waals surface area contributed by atoms with Gasteiger partial charge in [0.2, 0.25) is 15.9 Å². The third kappa shape index (κ3) is 4.36. The summed E-state index contributed by atoms with van der Waals surface area (Å²) in [5, 5.41) is 3.76. The number of rotatable bonds is 6. The molecular weight excluding hydrogens is 388 g/mol. The SMILES string of the molecule is Cc1cc2occ(CC(=O)Nc3ccc(S(=O)(=O)N(C)C)cc3)c2cc1C(C)C. The van der Waals surface area contributed by atoms with Crippen LogP contribution in [0.5, 0.6) is 0 Å². The average molecular weight is 415 g/mol. The highest BCUT2D eigenvalue weighted by Crippen LogP contribution is 2.29. The Kier molecular flexibility index (Phi) is 5.82. The van der Waals surface area contributed by atoms with Crippen molar-refractivity contribution >= 4 is 32.6 Å². The highest BCUT2D eigenvalue weighted by atomic mass is 32.2. The maximum atomic E-state index is 12.5. The molecular formula is C22H26N2O4S. The molecule has 0 aliphatic heterocycles. The molecule has 0 aliphatic carbocycles. The lowest BCUT2D eigenvalue weighted by molar-refractivity contribution is -0.115. The van der Waals surface area contributed by atoms with Crippen molar-refractivity contribution in [3.05, 3.63) is 59.4 Å². The Balaban J connectivity index is 1.77. The molecule has 0 spiro atoms. The molecule has 154 valence electrons. The van der Waals surface area contributed by atoms with Gasteiger partial charge in [-0.25, -0.2) is 12.7 Å². The number of benzene rings is 2. The summed E-state index contributed by atoms with van der Waals surface area (Å²) in [6, 6.07) is 10.2. The Hall–Kier alpha value is -2.64. The van der Waals surface area contributed by atoms with Gasteiger partial charge in [-0.3, -0.25) is 4.79 Å². The summed E-state index contributed by atoms with van der Waals surface area (Å²) >= 11 is 0. The largest absolute Gasteiger partial charge is 0.464 e. The van der Waals surface area contributed by atoms with Gasteiger partial charge in [0.05, 0.1) is 17.6 Å². The van der Waals surface area contributed by atoms with Gasteiger partial charge in [0.1, 0.15) is 5.58 Å². The Bertz CT molecular complexity index is 1140. The van der Waals surface area contributed by atoms with E-state index in [0.717, 1.165) is 20.8 Å². The minimum Gasteiger partial charge on any atom is -0.464 e. The molecule has 1 heterocycles. The van der Waals surface area contributed by atoms with Gasteiger partial charge < -0.3 is 9.73 Å². The van der Waals surface area contributed by atoms with E-state index >= 15 is 0 Å². The number of carbonyl (C=O) groups is 1. The number of hydrogen-bond acceptors (Lipinski definition) is 4. The van der Waals surface area contributed by atoms with Crippen molar-refractivity contribution in [2.75, 3.05) is 19.4 Å². The van der Waals surface area contributed by atoms with Gasteiger partial charge in [0, 0.05) is 30.7 Å². The number of sulfonamides is 1. The fraction of sp³-hybridized carbons (Fsp3) is 0.318. The Morgan fingerprint density at radius 1 is 1.14 bits per heavy atom. The minimum absolute atomic E-state index is 0.172. The normalized spacial score (nSPS) is 12.1. The number of fused-ring (bicyclic) bond motifs is 1. The summed E-state index contributed by atoms with van der Waals surface area (Å²) in [5.41, 5.74) is 4.54. The fourth-order valence-corrected chi connectivity index (χ4v) is 4.20. The van der Waals surface area contributed by atoms with E-state index in [1.165, 1.54) is 37.4 Å². The number of amides is 1. The molecule has 0 atom stereocenters. The third-order valence-electron chi connectivity index (χ3n) is 4.93. The van der Waals surface area contributed by atoms with Crippen LogP contribution in [-0.4, -0.2) is 32.7 Å². The molecule has 0 unspecified atom stereocenters. The quantitative estimate of drug-likeness (QED) is 0.652. The number of carbonyl (C=O) groups excluding carboxylic acids is 1. The highest BCUT2D eigenvalue weighted by Gasteiger charge is 2.17. The van der Waals surface area contributed by atoms with Crippen molar-refractivity contribution in [1.82, 2.24) is 4.31 Å². The van der Waals surface area contributed by atoms with Crippen LogP contribution in [0, 0.1) is 6.92 Å². The van der Waals surface area contributed by atoms with Crippen LogP contribution in [-0.2, 0) is 21.2 Å². The van der Waals surface area contributed by atoms with Crippen molar-refractivity contribution in [3.8, 4) is 0 Å². The molecule has 0 radical (unpaired) electrons. The fourth-order valence-electron chi connectivity index (χ4n) is 3.30. The van der Waals surface area contributed by atoms with Crippen molar-refractivity contribution in [2.24, 2.45) is 0 Å². The predicted octanol–water partition coefficient (Wildman–Crippen LogP) is 4.30. The van der Waals surface area contributed by atoms with Crippen LogP contribution in [0.2, 0.25) is 0 Å². The molecule has 0 aliphatic rings. The second-order valence-corrected chi connectivity index (χ2v) is 9.81. The maximum absolute atomic E-state index is 12.5. The minimum atomic E-state index is -3.49. The summed E-state index contributed by atoms with van der Waals surface area (Å²) in [7, 11) is -0.537. The molecule has 7 heteroatoms. The first-order valence-electron chi connectivity index (χ1n) is 9.42. The van der Waals surface area contributed by atoms with Gasteiger partial charge in [0.25, 0.3) is 0 Å². The molecule has 3 aromatic rings.